The second-order valence-electron chi connectivity index (χ2n) is 4.40. The molecule has 0 aliphatic heterocycles. The van der Waals surface area contributed by atoms with Gasteiger partial charge in [-0.2, -0.15) is 0 Å². The maximum absolute atomic E-state index is 9.63. The Morgan fingerprint density at radius 2 is 1.76 bits per heavy atom. The summed E-state index contributed by atoms with van der Waals surface area (Å²) in [5, 5.41) is 45.3. The van der Waals surface area contributed by atoms with Crippen LogP contribution in [0.1, 0.15) is 16.7 Å². The molecule has 0 bridgehead atoms. The topological polar surface area (TPSA) is 114 Å². The molecule has 0 saturated heterocycles. The fourth-order valence-electron chi connectivity index (χ4n) is 1.78. The molecule has 6 heteroatoms. The van der Waals surface area contributed by atoms with E-state index >= 15 is 0 Å². The van der Waals surface area contributed by atoms with Crippen molar-refractivity contribution >= 4 is 5.90 Å². The molecule has 0 radical (unpaired) electrons. The number of nitrogens with one attached hydrogen (secondary N) is 1. The van der Waals surface area contributed by atoms with Crippen LogP contribution in [0.4, 0.5) is 0 Å². The maximum Gasteiger partial charge on any atom is 0.213 e. The summed E-state index contributed by atoms with van der Waals surface area (Å²) in [7, 11) is 0. The number of hydrogen-bond acceptors (Lipinski definition) is 6. The van der Waals surface area contributed by atoms with Gasteiger partial charge in [0.2, 0.25) is 5.90 Å². The summed E-state index contributed by atoms with van der Waals surface area (Å²) < 4.78 is 5.24. The van der Waals surface area contributed by atoms with Gasteiger partial charge in [0, 0.05) is 16.7 Å². The molecular formula is C15H15NO5. The van der Waals surface area contributed by atoms with Crippen LogP contribution in [0, 0.1) is 5.41 Å². The molecule has 0 spiro atoms. The number of aliphatic hydroxyl groups is 1. The molecule has 2 aromatic rings. The van der Waals surface area contributed by atoms with E-state index in [0.717, 1.165) is 0 Å². The molecule has 110 valence electrons. The van der Waals surface area contributed by atoms with Crippen molar-refractivity contribution in [3.05, 3.63) is 53.1 Å². The molecule has 0 saturated carbocycles. The molecule has 6 nitrogen and oxygen atoms in total. The second-order valence-corrected chi connectivity index (χ2v) is 4.40. The summed E-state index contributed by atoms with van der Waals surface area (Å²) in [5.74, 6) is -0.769. The van der Waals surface area contributed by atoms with E-state index in [2.05, 4.69) is 0 Å². The number of hydrogen-bond donors (Lipinski definition) is 5. The van der Waals surface area contributed by atoms with E-state index in [4.69, 9.17) is 15.3 Å². The maximum atomic E-state index is 9.63. The number of ether oxygens (including phenoxy) is 1. The first-order valence-corrected chi connectivity index (χ1v) is 6.17. The van der Waals surface area contributed by atoms with Crippen LogP contribution in [0.2, 0.25) is 0 Å². The van der Waals surface area contributed by atoms with Gasteiger partial charge in [0.25, 0.3) is 0 Å². The second kappa shape index (κ2) is 6.15. The molecule has 0 amide bonds. The zero-order valence-electron chi connectivity index (χ0n) is 11.1. The highest BCUT2D eigenvalue weighted by Gasteiger charge is 2.10. The van der Waals surface area contributed by atoms with Gasteiger partial charge in [0.15, 0.2) is 11.5 Å². The van der Waals surface area contributed by atoms with Gasteiger partial charge >= 0.3 is 0 Å². The van der Waals surface area contributed by atoms with E-state index < -0.39 is 0 Å². The van der Waals surface area contributed by atoms with Gasteiger partial charge in [-0.05, 0) is 24.3 Å². The van der Waals surface area contributed by atoms with Crippen LogP contribution in [0.5, 0.6) is 17.2 Å². The molecule has 0 atom stereocenters. The molecule has 0 aromatic heterocycles. The molecule has 0 fully saturated rings. The summed E-state index contributed by atoms with van der Waals surface area (Å²) in [4.78, 5) is 0. The predicted molar refractivity (Wildman–Crippen MR) is 75.4 cm³/mol. The number of phenolic OH excluding ortho intramolecular Hbond substituents is 2. The first kappa shape index (κ1) is 14.7. The molecule has 0 heterocycles. The Labute approximate surface area is 121 Å². The van der Waals surface area contributed by atoms with E-state index in [0.29, 0.717) is 16.7 Å². The number of rotatable bonds is 4. The standard InChI is InChI=1S/C15H15NO5/c16-15(9-4-5-12(18)11(6-9)7-17)21-8-10-2-1-3-13(19)14(10)20/h1-6,16-20H,7-8H2. The molecule has 5 N–H and O–H groups in total. The van der Waals surface area contributed by atoms with Gasteiger partial charge in [-0.3, -0.25) is 5.41 Å². The van der Waals surface area contributed by atoms with E-state index in [9.17, 15) is 15.3 Å². The number of aliphatic hydroxyl groups excluding tert-OH is 1. The third-order valence-electron chi connectivity index (χ3n) is 2.98. The monoisotopic (exact) mass is 289 g/mol. The van der Waals surface area contributed by atoms with Gasteiger partial charge in [0.1, 0.15) is 12.4 Å². The van der Waals surface area contributed by atoms with Gasteiger partial charge in [-0.1, -0.05) is 12.1 Å². The molecule has 0 aliphatic rings. The Kier molecular flexibility index (Phi) is 4.30. The lowest BCUT2D eigenvalue weighted by molar-refractivity contribution is 0.274. The largest absolute Gasteiger partial charge is 0.508 e. The Balaban J connectivity index is 2.10. The number of benzene rings is 2. The van der Waals surface area contributed by atoms with Crippen LogP contribution >= 0.6 is 0 Å². The molecule has 0 aliphatic carbocycles. The molecular weight excluding hydrogens is 274 g/mol. The molecule has 21 heavy (non-hydrogen) atoms. The summed E-state index contributed by atoms with van der Waals surface area (Å²) in [6.07, 6.45) is 0. The predicted octanol–water partition coefficient (Wildman–Crippen LogP) is 1.84. The Bertz CT molecular complexity index is 669. The number of phenols is 3. The summed E-state index contributed by atoms with van der Waals surface area (Å²) in [6, 6.07) is 8.77. The van der Waals surface area contributed by atoms with Crippen molar-refractivity contribution in [2.45, 2.75) is 13.2 Å². The first-order chi connectivity index (χ1) is 10.0. The van der Waals surface area contributed by atoms with E-state index in [1.165, 1.54) is 24.3 Å². The lowest BCUT2D eigenvalue weighted by Gasteiger charge is -2.11. The van der Waals surface area contributed by atoms with Gasteiger partial charge in [0.05, 0.1) is 6.61 Å². The minimum Gasteiger partial charge on any atom is -0.508 e. The highest BCUT2D eigenvalue weighted by molar-refractivity contribution is 5.92. The van der Waals surface area contributed by atoms with Crippen molar-refractivity contribution < 1.29 is 25.2 Å². The van der Waals surface area contributed by atoms with Crippen molar-refractivity contribution in [3.63, 3.8) is 0 Å². The number of aromatic hydroxyl groups is 3. The van der Waals surface area contributed by atoms with Crippen molar-refractivity contribution in [1.82, 2.24) is 0 Å². The van der Waals surface area contributed by atoms with Crippen LogP contribution in [0.3, 0.4) is 0 Å². The highest BCUT2D eigenvalue weighted by Crippen LogP contribution is 2.29. The Morgan fingerprint density at radius 1 is 1.00 bits per heavy atom. The average Bonchev–Trinajstić information content (AvgIpc) is 2.49. The average molecular weight is 289 g/mol. The normalized spacial score (nSPS) is 10.3. The van der Waals surface area contributed by atoms with E-state index in [-0.39, 0.29) is 36.4 Å². The van der Waals surface area contributed by atoms with Crippen LogP contribution in [-0.2, 0) is 18.0 Å². The lowest BCUT2D eigenvalue weighted by Crippen LogP contribution is -2.06. The van der Waals surface area contributed by atoms with Crippen molar-refractivity contribution in [2.24, 2.45) is 0 Å². The van der Waals surface area contributed by atoms with Crippen molar-refractivity contribution in [1.29, 1.82) is 5.41 Å². The van der Waals surface area contributed by atoms with E-state index in [1.807, 2.05) is 0 Å². The SMILES string of the molecule is N=C(OCc1cccc(O)c1O)c1ccc(O)c(CO)c1. The zero-order chi connectivity index (χ0) is 15.4. The van der Waals surface area contributed by atoms with Crippen LogP contribution < -0.4 is 0 Å². The van der Waals surface area contributed by atoms with Crippen molar-refractivity contribution in [2.75, 3.05) is 0 Å². The van der Waals surface area contributed by atoms with Crippen LogP contribution in [-0.4, -0.2) is 26.3 Å². The minimum atomic E-state index is -0.347. The van der Waals surface area contributed by atoms with Crippen molar-refractivity contribution in [3.8, 4) is 17.2 Å². The Hall–Kier alpha value is -2.73. The molecule has 2 aromatic carbocycles. The Morgan fingerprint density at radius 3 is 2.48 bits per heavy atom. The van der Waals surface area contributed by atoms with Gasteiger partial charge in [-0.25, -0.2) is 0 Å². The fourth-order valence-corrected chi connectivity index (χ4v) is 1.78. The quantitative estimate of drug-likeness (QED) is 0.335. The van der Waals surface area contributed by atoms with Gasteiger partial charge < -0.3 is 25.2 Å². The zero-order valence-corrected chi connectivity index (χ0v) is 11.1. The van der Waals surface area contributed by atoms with Gasteiger partial charge in [-0.15, -0.1) is 0 Å². The summed E-state index contributed by atoms with van der Waals surface area (Å²) in [6.45, 7) is -0.436. The smallest absolute Gasteiger partial charge is 0.213 e. The molecule has 2 rings (SSSR count). The third-order valence-corrected chi connectivity index (χ3v) is 2.98. The fraction of sp³-hybridized carbons (Fsp3) is 0.133. The number of para-hydroxylation sites is 1. The summed E-state index contributed by atoms with van der Waals surface area (Å²) in [5.41, 5.74) is 1.03. The van der Waals surface area contributed by atoms with Crippen LogP contribution in [0.25, 0.3) is 0 Å². The highest BCUT2D eigenvalue weighted by atomic mass is 16.5. The lowest BCUT2D eigenvalue weighted by atomic mass is 10.1. The third kappa shape index (κ3) is 3.24. The minimum absolute atomic E-state index is 0.0559. The van der Waals surface area contributed by atoms with E-state index in [1.54, 1.807) is 12.1 Å². The molecule has 0 unspecified atom stereocenters. The first-order valence-electron chi connectivity index (χ1n) is 6.17. The van der Waals surface area contributed by atoms with Crippen LogP contribution in [0.15, 0.2) is 36.4 Å². The summed E-state index contributed by atoms with van der Waals surface area (Å²) >= 11 is 0.